The third-order valence-corrected chi connectivity index (χ3v) is 2.58. The number of furan rings is 1. The highest BCUT2D eigenvalue weighted by atomic mass is 16.4. The Bertz CT molecular complexity index is 559. The molecule has 0 amide bonds. The maximum Gasteiger partial charge on any atom is 0.175 e. The SMILES string of the molecule is C=Cc1cc(-c2ccc(C)cc2)oc1C(=C)O. The molecule has 2 aromatic rings. The summed E-state index contributed by atoms with van der Waals surface area (Å²) in [7, 11) is 0. The van der Waals surface area contributed by atoms with Crippen LogP contribution in [0.3, 0.4) is 0 Å². The monoisotopic (exact) mass is 226 g/mol. The molecule has 17 heavy (non-hydrogen) atoms. The van der Waals surface area contributed by atoms with E-state index in [9.17, 15) is 5.11 Å². The lowest BCUT2D eigenvalue weighted by molar-refractivity contribution is 0.465. The van der Waals surface area contributed by atoms with Crippen LogP contribution in [0.1, 0.15) is 16.9 Å². The minimum Gasteiger partial charge on any atom is -0.505 e. The maximum absolute atomic E-state index is 9.40. The zero-order chi connectivity index (χ0) is 12.4. The van der Waals surface area contributed by atoms with Gasteiger partial charge >= 0.3 is 0 Å². The Morgan fingerprint density at radius 3 is 2.41 bits per heavy atom. The lowest BCUT2D eigenvalue weighted by Crippen LogP contribution is -1.78. The van der Waals surface area contributed by atoms with Crippen LogP contribution in [0.4, 0.5) is 0 Å². The van der Waals surface area contributed by atoms with Crippen LogP contribution in [-0.2, 0) is 0 Å². The summed E-state index contributed by atoms with van der Waals surface area (Å²) in [5.74, 6) is 0.985. The van der Waals surface area contributed by atoms with Crippen molar-refractivity contribution in [2.75, 3.05) is 0 Å². The molecule has 1 aromatic heterocycles. The molecule has 0 saturated heterocycles. The summed E-state index contributed by atoms with van der Waals surface area (Å²) in [6.45, 7) is 9.18. The summed E-state index contributed by atoms with van der Waals surface area (Å²) in [6, 6.07) is 9.82. The van der Waals surface area contributed by atoms with Gasteiger partial charge in [0.2, 0.25) is 0 Å². The molecule has 86 valence electrons. The minimum atomic E-state index is -0.0849. The Balaban J connectivity index is 2.50. The number of aryl methyl sites for hydroxylation is 1. The summed E-state index contributed by atoms with van der Waals surface area (Å²) in [5.41, 5.74) is 2.90. The number of hydrogen-bond acceptors (Lipinski definition) is 2. The van der Waals surface area contributed by atoms with Crippen molar-refractivity contribution in [3.05, 3.63) is 60.4 Å². The number of aliphatic hydroxyl groups excluding tert-OH is 1. The maximum atomic E-state index is 9.40. The van der Waals surface area contributed by atoms with Crippen molar-refractivity contribution in [2.45, 2.75) is 6.92 Å². The van der Waals surface area contributed by atoms with E-state index in [-0.39, 0.29) is 5.76 Å². The first kappa shape index (κ1) is 11.3. The molecule has 0 aliphatic carbocycles. The van der Waals surface area contributed by atoms with E-state index >= 15 is 0 Å². The van der Waals surface area contributed by atoms with Gasteiger partial charge in [0, 0.05) is 11.1 Å². The van der Waals surface area contributed by atoms with Crippen molar-refractivity contribution in [3.63, 3.8) is 0 Å². The molecule has 1 heterocycles. The van der Waals surface area contributed by atoms with Crippen LogP contribution in [0.15, 0.2) is 47.9 Å². The fourth-order valence-electron chi connectivity index (χ4n) is 1.64. The van der Waals surface area contributed by atoms with Gasteiger partial charge in [0.05, 0.1) is 0 Å². The van der Waals surface area contributed by atoms with Crippen LogP contribution in [0.5, 0.6) is 0 Å². The first-order valence-corrected chi connectivity index (χ1v) is 5.33. The molecule has 0 unspecified atom stereocenters. The lowest BCUT2D eigenvalue weighted by atomic mass is 10.1. The predicted molar refractivity (Wildman–Crippen MR) is 70.6 cm³/mol. The van der Waals surface area contributed by atoms with Crippen LogP contribution < -0.4 is 0 Å². The van der Waals surface area contributed by atoms with Crippen LogP contribution in [0.25, 0.3) is 23.2 Å². The molecule has 0 aliphatic heterocycles. The number of rotatable bonds is 3. The summed E-state index contributed by atoms with van der Waals surface area (Å²) in [6.07, 6.45) is 1.64. The normalized spacial score (nSPS) is 10.2. The van der Waals surface area contributed by atoms with Gasteiger partial charge in [0.25, 0.3) is 0 Å². The topological polar surface area (TPSA) is 33.4 Å². The van der Waals surface area contributed by atoms with Gasteiger partial charge in [-0.15, -0.1) is 0 Å². The Morgan fingerprint density at radius 1 is 1.29 bits per heavy atom. The van der Waals surface area contributed by atoms with E-state index in [1.165, 1.54) is 5.56 Å². The molecule has 0 fully saturated rings. The Hall–Kier alpha value is -2.22. The van der Waals surface area contributed by atoms with E-state index in [1.807, 2.05) is 37.3 Å². The minimum absolute atomic E-state index is 0.0849. The summed E-state index contributed by atoms with van der Waals surface area (Å²) < 4.78 is 5.57. The molecule has 2 heteroatoms. The van der Waals surface area contributed by atoms with E-state index in [1.54, 1.807) is 6.08 Å². The van der Waals surface area contributed by atoms with Gasteiger partial charge in [-0.1, -0.05) is 49.1 Å². The smallest absolute Gasteiger partial charge is 0.175 e. The van der Waals surface area contributed by atoms with Gasteiger partial charge in [0.15, 0.2) is 11.5 Å². The van der Waals surface area contributed by atoms with Gasteiger partial charge in [-0.25, -0.2) is 0 Å². The average Bonchev–Trinajstić information content (AvgIpc) is 2.74. The van der Waals surface area contributed by atoms with Crippen molar-refractivity contribution in [2.24, 2.45) is 0 Å². The van der Waals surface area contributed by atoms with Crippen LogP contribution in [0, 0.1) is 6.92 Å². The molecule has 0 atom stereocenters. The molecule has 0 bridgehead atoms. The fraction of sp³-hybridized carbons (Fsp3) is 0.0667. The van der Waals surface area contributed by atoms with Crippen LogP contribution >= 0.6 is 0 Å². The first-order valence-electron chi connectivity index (χ1n) is 5.33. The average molecular weight is 226 g/mol. The number of aliphatic hydroxyl groups is 1. The molecule has 2 rings (SSSR count). The highest BCUT2D eigenvalue weighted by molar-refractivity contribution is 5.70. The van der Waals surface area contributed by atoms with Gasteiger partial charge < -0.3 is 9.52 Å². The highest BCUT2D eigenvalue weighted by Crippen LogP contribution is 2.29. The molecule has 2 nitrogen and oxygen atoms in total. The predicted octanol–water partition coefficient (Wildman–Crippen LogP) is 4.43. The largest absolute Gasteiger partial charge is 0.505 e. The lowest BCUT2D eigenvalue weighted by Gasteiger charge is -1.97. The first-order chi connectivity index (χ1) is 8.11. The zero-order valence-corrected chi connectivity index (χ0v) is 9.73. The number of benzene rings is 1. The molecule has 0 radical (unpaired) electrons. The van der Waals surface area contributed by atoms with E-state index in [4.69, 9.17) is 4.42 Å². The van der Waals surface area contributed by atoms with Gasteiger partial charge in [0.1, 0.15) is 5.76 Å². The van der Waals surface area contributed by atoms with E-state index in [0.29, 0.717) is 11.5 Å². The summed E-state index contributed by atoms with van der Waals surface area (Å²) in [4.78, 5) is 0. The highest BCUT2D eigenvalue weighted by Gasteiger charge is 2.12. The summed E-state index contributed by atoms with van der Waals surface area (Å²) in [5, 5.41) is 9.40. The standard InChI is InChI=1S/C15H14O2/c1-4-12-9-14(17-15(12)11(3)16)13-7-5-10(2)6-8-13/h4-9,16H,1,3H2,2H3. The van der Waals surface area contributed by atoms with Crippen molar-refractivity contribution in [1.29, 1.82) is 0 Å². The van der Waals surface area contributed by atoms with Gasteiger partial charge in [-0.05, 0) is 13.0 Å². The second-order valence-electron chi connectivity index (χ2n) is 3.91. The third-order valence-electron chi connectivity index (χ3n) is 2.58. The molecule has 1 aromatic carbocycles. The zero-order valence-electron chi connectivity index (χ0n) is 9.73. The molecular weight excluding hydrogens is 212 g/mol. The van der Waals surface area contributed by atoms with Crippen molar-refractivity contribution in [3.8, 4) is 11.3 Å². The van der Waals surface area contributed by atoms with Crippen LogP contribution in [0.2, 0.25) is 0 Å². The second kappa shape index (κ2) is 4.34. The molecular formula is C15H14O2. The third kappa shape index (κ3) is 2.16. The second-order valence-corrected chi connectivity index (χ2v) is 3.91. The van der Waals surface area contributed by atoms with Gasteiger partial charge in [-0.3, -0.25) is 0 Å². The Kier molecular flexibility index (Phi) is 2.88. The van der Waals surface area contributed by atoms with E-state index in [2.05, 4.69) is 13.2 Å². The molecule has 0 spiro atoms. The van der Waals surface area contributed by atoms with Gasteiger partial charge in [-0.2, -0.15) is 0 Å². The quantitative estimate of drug-likeness (QED) is 0.785. The van der Waals surface area contributed by atoms with Crippen molar-refractivity contribution in [1.82, 2.24) is 0 Å². The van der Waals surface area contributed by atoms with E-state index < -0.39 is 0 Å². The molecule has 0 saturated carbocycles. The van der Waals surface area contributed by atoms with Crippen LogP contribution in [-0.4, -0.2) is 5.11 Å². The van der Waals surface area contributed by atoms with Crippen molar-refractivity contribution >= 4 is 11.8 Å². The van der Waals surface area contributed by atoms with Crippen molar-refractivity contribution < 1.29 is 9.52 Å². The number of hydrogen-bond donors (Lipinski definition) is 1. The molecule has 0 aliphatic rings. The van der Waals surface area contributed by atoms with E-state index in [0.717, 1.165) is 11.1 Å². The Morgan fingerprint density at radius 2 is 1.94 bits per heavy atom. The Labute approximate surface area is 101 Å². The molecule has 1 N–H and O–H groups in total. The fourth-order valence-corrected chi connectivity index (χ4v) is 1.64. The summed E-state index contributed by atoms with van der Waals surface area (Å²) >= 11 is 0.